The number of esters is 1. The van der Waals surface area contributed by atoms with E-state index in [0.29, 0.717) is 25.2 Å². The second-order valence-electron chi connectivity index (χ2n) is 2.57. The maximum Gasteiger partial charge on any atom is 1.00 e. The normalized spacial score (nSPS) is 8.71. The number of aliphatic hydroxyl groups excluding tert-OH is 1. The van der Waals surface area contributed by atoms with Gasteiger partial charge in [-0.25, -0.2) is 4.79 Å². The van der Waals surface area contributed by atoms with Gasteiger partial charge in [0.15, 0.2) is 0 Å². The van der Waals surface area contributed by atoms with E-state index < -0.39 is 20.1 Å². The Morgan fingerprint density at radius 3 is 2.12 bits per heavy atom. The number of rotatable bonds is 5. The van der Waals surface area contributed by atoms with E-state index in [4.69, 9.17) is 17.0 Å². The van der Waals surface area contributed by atoms with Crippen molar-refractivity contribution in [2.24, 2.45) is 0 Å². The molecule has 0 aromatic carbocycles. The Morgan fingerprint density at radius 1 is 1.41 bits per heavy atom. The first kappa shape index (κ1) is 26.9. The second-order valence-corrected chi connectivity index (χ2v) is 5.81. The molecule has 0 aromatic rings. The summed E-state index contributed by atoms with van der Waals surface area (Å²) in [6.45, 7) is 3.75. The average Bonchev–Trinajstić information content (AvgIpc) is 2.09. The van der Waals surface area contributed by atoms with Crippen LogP contribution in [-0.2, 0) is 13.3 Å². The van der Waals surface area contributed by atoms with Crippen LogP contribution in [0.1, 0.15) is 12.8 Å². The number of aliphatic hydroxyl groups is 1. The van der Waals surface area contributed by atoms with Crippen molar-refractivity contribution in [1.29, 1.82) is 0 Å². The number of carbonyl (C=O) groups excluding carboxylic acids is 1. The van der Waals surface area contributed by atoms with Crippen LogP contribution in [0.5, 0.6) is 0 Å². The summed E-state index contributed by atoms with van der Waals surface area (Å²) in [4.78, 5) is 10.4. The molecule has 0 aliphatic rings. The number of hydrogen-bond donors (Lipinski definition) is 1. The molecule has 0 bridgehead atoms. The molecule has 0 saturated carbocycles. The van der Waals surface area contributed by atoms with Gasteiger partial charge in [-0.3, -0.25) is 0 Å². The molecule has 90 valence electrons. The first-order valence-corrected chi connectivity index (χ1v) is 8.38. The number of hydrogen-bond acceptors (Lipinski definition) is 6. The molecule has 0 fully saturated rings. The SMILES string of the molecule is C=CC(=O)OCCCCO.C[As](=O)([O-])[O-].[Na+].[Na+]. The van der Waals surface area contributed by atoms with Gasteiger partial charge in [-0.05, 0) is 12.8 Å². The molecule has 0 heterocycles. The van der Waals surface area contributed by atoms with Crippen LogP contribution < -0.4 is 67.3 Å². The van der Waals surface area contributed by atoms with E-state index >= 15 is 0 Å². The average molecular weight is 328 g/mol. The monoisotopic (exact) mass is 328 g/mol. The predicted octanol–water partition coefficient (Wildman–Crippen LogP) is -7.80. The molecule has 0 aliphatic heterocycles. The van der Waals surface area contributed by atoms with E-state index in [1.807, 2.05) is 0 Å². The van der Waals surface area contributed by atoms with Gasteiger partial charge in [0, 0.05) is 12.7 Å². The molecule has 0 saturated heterocycles. The summed E-state index contributed by atoms with van der Waals surface area (Å²) in [5, 5.41) is 8.33. The molecular formula is C8H15AsNa2O6. The largest absolute Gasteiger partial charge is 1.00 e. The van der Waals surface area contributed by atoms with Crippen molar-refractivity contribution in [3.63, 3.8) is 0 Å². The minimum Gasteiger partial charge on any atom is 1.00 e. The molecule has 0 atom stereocenters. The Bertz CT molecular complexity index is 222. The smallest absolute Gasteiger partial charge is 1.00 e. The van der Waals surface area contributed by atoms with Crippen molar-refractivity contribution >= 4 is 20.1 Å². The van der Waals surface area contributed by atoms with E-state index in [1.54, 1.807) is 0 Å². The molecular weight excluding hydrogens is 313 g/mol. The molecule has 0 rings (SSSR count). The first-order valence-electron chi connectivity index (χ1n) is 4.21. The Kier molecular flexibility index (Phi) is 27.6. The minimum atomic E-state index is -4.62. The number of carbonyl (C=O) groups is 1. The Labute approximate surface area is 148 Å². The summed E-state index contributed by atoms with van der Waals surface area (Å²) in [5.41, 5.74) is 0.693. The van der Waals surface area contributed by atoms with Gasteiger partial charge in [0.1, 0.15) is 0 Å². The van der Waals surface area contributed by atoms with Gasteiger partial charge < -0.3 is 9.84 Å². The van der Waals surface area contributed by atoms with Gasteiger partial charge in [0.05, 0.1) is 6.61 Å². The summed E-state index contributed by atoms with van der Waals surface area (Å²) in [6.07, 6.45) is 2.50. The maximum absolute atomic E-state index is 10.4. The van der Waals surface area contributed by atoms with Crippen molar-refractivity contribution in [2.75, 3.05) is 13.2 Å². The molecule has 0 spiro atoms. The molecule has 1 N–H and O–H groups in total. The third kappa shape index (κ3) is 46.6. The standard InChI is InChI=1S/C7H12O3.CH5AsO3.2Na/c1-2-7(9)10-6-4-3-5-8;1-2(3,4)5;;/h2,8H,1,3-6H2;1H3,(H2,3,4,5);;/q;;2*+1/p-2. The van der Waals surface area contributed by atoms with Crippen molar-refractivity contribution in [2.45, 2.75) is 18.6 Å². The fraction of sp³-hybridized carbons (Fsp3) is 0.625. The summed E-state index contributed by atoms with van der Waals surface area (Å²) in [7, 11) is 0. The van der Waals surface area contributed by atoms with Crippen molar-refractivity contribution in [3.05, 3.63) is 12.7 Å². The van der Waals surface area contributed by atoms with Crippen LogP contribution >= 0.6 is 0 Å². The van der Waals surface area contributed by atoms with Crippen LogP contribution in [-0.4, -0.2) is 38.5 Å². The van der Waals surface area contributed by atoms with E-state index in [0.717, 1.165) is 6.08 Å². The molecule has 0 unspecified atom stereocenters. The molecule has 0 aliphatic carbocycles. The van der Waals surface area contributed by atoms with Crippen LogP contribution in [0, 0.1) is 0 Å². The second kappa shape index (κ2) is 17.4. The topological polar surface area (TPSA) is 110 Å². The van der Waals surface area contributed by atoms with Crippen molar-refractivity contribution in [1.82, 2.24) is 0 Å². The zero-order valence-electron chi connectivity index (χ0n) is 10.5. The molecule has 0 aromatic heterocycles. The number of unbranched alkanes of at least 4 members (excludes halogenated alkanes) is 1. The molecule has 17 heavy (non-hydrogen) atoms. The van der Waals surface area contributed by atoms with Crippen LogP contribution in [0.15, 0.2) is 12.7 Å². The summed E-state index contributed by atoms with van der Waals surface area (Å²) in [5.74, 6) is -0.405. The number of ether oxygens (including phenoxy) is 1. The predicted molar refractivity (Wildman–Crippen MR) is 49.8 cm³/mol. The van der Waals surface area contributed by atoms with Crippen LogP contribution in [0.2, 0.25) is 5.71 Å². The van der Waals surface area contributed by atoms with E-state index in [9.17, 15) is 4.79 Å². The summed E-state index contributed by atoms with van der Waals surface area (Å²) in [6, 6.07) is 0. The Morgan fingerprint density at radius 2 is 1.82 bits per heavy atom. The Hall–Kier alpha value is 1.45. The summed E-state index contributed by atoms with van der Waals surface area (Å²) < 4.78 is 32.1. The molecule has 6 nitrogen and oxygen atoms in total. The summed E-state index contributed by atoms with van der Waals surface area (Å²) >= 11 is -4.62. The molecule has 0 radical (unpaired) electrons. The fourth-order valence-corrected chi connectivity index (χ4v) is 0.446. The third-order valence-electron chi connectivity index (χ3n) is 0.963. The van der Waals surface area contributed by atoms with Crippen molar-refractivity contribution in [3.8, 4) is 0 Å². The van der Waals surface area contributed by atoms with Gasteiger partial charge in [-0.1, -0.05) is 6.58 Å². The van der Waals surface area contributed by atoms with Gasteiger partial charge in [-0.15, -0.1) is 0 Å². The zero-order valence-corrected chi connectivity index (χ0v) is 16.4. The quantitative estimate of drug-likeness (QED) is 0.232. The van der Waals surface area contributed by atoms with Gasteiger partial charge in [0.2, 0.25) is 0 Å². The third-order valence-corrected chi connectivity index (χ3v) is 0.963. The molecule has 9 heteroatoms. The Balaban J connectivity index is -0.000000105. The van der Waals surface area contributed by atoms with Crippen LogP contribution in [0.25, 0.3) is 0 Å². The fourth-order valence-electron chi connectivity index (χ4n) is 0.446. The van der Waals surface area contributed by atoms with Crippen molar-refractivity contribution < 1.29 is 85.7 Å². The maximum atomic E-state index is 10.4. The zero-order chi connectivity index (χ0) is 12.3. The first-order chi connectivity index (χ1) is 6.81. The minimum absolute atomic E-state index is 0. The van der Waals surface area contributed by atoms with E-state index in [-0.39, 0.29) is 65.7 Å². The van der Waals surface area contributed by atoms with Crippen LogP contribution in [0.3, 0.4) is 0 Å². The van der Waals surface area contributed by atoms with E-state index in [2.05, 4.69) is 11.3 Å². The van der Waals surface area contributed by atoms with Gasteiger partial charge in [-0.2, -0.15) is 0 Å². The van der Waals surface area contributed by atoms with Gasteiger partial charge in [0.25, 0.3) is 0 Å². The molecule has 0 amide bonds. The van der Waals surface area contributed by atoms with E-state index in [1.165, 1.54) is 0 Å². The van der Waals surface area contributed by atoms with Crippen LogP contribution in [0.4, 0.5) is 0 Å². The van der Waals surface area contributed by atoms with Gasteiger partial charge >= 0.3 is 96.9 Å².